The van der Waals surface area contributed by atoms with Gasteiger partial charge in [0.25, 0.3) is 5.91 Å². The first-order valence-corrected chi connectivity index (χ1v) is 8.60. The molecule has 0 bridgehead atoms. The van der Waals surface area contributed by atoms with Crippen LogP contribution in [0.1, 0.15) is 30.5 Å². The van der Waals surface area contributed by atoms with Gasteiger partial charge in [0.15, 0.2) is 6.61 Å². The number of hydrogen-bond acceptors (Lipinski definition) is 4. The van der Waals surface area contributed by atoms with E-state index in [4.69, 9.17) is 4.74 Å². The molecule has 154 valence electrons. The monoisotopic (exact) mass is 408 g/mol. The fourth-order valence-electron chi connectivity index (χ4n) is 2.52. The highest BCUT2D eigenvalue weighted by Gasteiger charge is 2.30. The maximum absolute atomic E-state index is 12.7. The van der Waals surface area contributed by atoms with Crippen molar-refractivity contribution in [3.63, 3.8) is 0 Å². The van der Waals surface area contributed by atoms with E-state index in [0.717, 1.165) is 18.2 Å². The van der Waals surface area contributed by atoms with Crippen molar-refractivity contribution >= 4 is 23.5 Å². The third-order valence-corrected chi connectivity index (χ3v) is 3.79. The number of ether oxygens (including phenoxy) is 1. The number of amides is 2. The number of esters is 1. The first kappa shape index (κ1) is 21.9. The second-order valence-electron chi connectivity index (χ2n) is 6.16. The van der Waals surface area contributed by atoms with Gasteiger partial charge in [-0.05, 0) is 23.8 Å². The molecule has 2 amide bonds. The fourth-order valence-corrected chi connectivity index (χ4v) is 2.52. The van der Waals surface area contributed by atoms with E-state index in [9.17, 15) is 27.6 Å². The largest absolute Gasteiger partial charge is 0.455 e. The van der Waals surface area contributed by atoms with Crippen LogP contribution in [-0.2, 0) is 25.3 Å². The van der Waals surface area contributed by atoms with Gasteiger partial charge in [0, 0.05) is 12.6 Å². The standard InChI is InChI=1S/C20H19F3N2O4/c1-13(26)24-17(14-6-3-2-4-7-14)11-19(28)29-12-18(27)25-16-9-5-8-15(10-16)20(21,22)23/h2-10,17H,11-12H2,1H3,(H,24,26)(H,25,27). The molecule has 0 aliphatic carbocycles. The number of hydrogen-bond donors (Lipinski definition) is 2. The molecule has 0 aliphatic rings. The Morgan fingerprint density at radius 1 is 1.03 bits per heavy atom. The van der Waals surface area contributed by atoms with Crippen LogP contribution in [0.5, 0.6) is 0 Å². The van der Waals surface area contributed by atoms with Gasteiger partial charge in [0.05, 0.1) is 18.0 Å². The van der Waals surface area contributed by atoms with E-state index in [1.54, 1.807) is 30.3 Å². The van der Waals surface area contributed by atoms with Crippen molar-refractivity contribution in [3.8, 4) is 0 Å². The molecule has 0 saturated carbocycles. The molecule has 9 heteroatoms. The van der Waals surface area contributed by atoms with E-state index in [1.165, 1.54) is 13.0 Å². The predicted molar refractivity (Wildman–Crippen MR) is 98.6 cm³/mol. The Bertz CT molecular complexity index is 870. The number of rotatable bonds is 7. The zero-order valence-electron chi connectivity index (χ0n) is 15.5. The zero-order chi connectivity index (χ0) is 21.4. The quantitative estimate of drug-likeness (QED) is 0.688. The third-order valence-electron chi connectivity index (χ3n) is 3.79. The second kappa shape index (κ2) is 9.72. The van der Waals surface area contributed by atoms with Crippen molar-refractivity contribution in [1.82, 2.24) is 5.32 Å². The van der Waals surface area contributed by atoms with Crippen molar-refractivity contribution in [3.05, 3.63) is 65.7 Å². The molecule has 6 nitrogen and oxygen atoms in total. The molecule has 0 aliphatic heterocycles. The van der Waals surface area contributed by atoms with E-state index in [1.807, 2.05) is 0 Å². The Morgan fingerprint density at radius 2 is 1.72 bits per heavy atom. The number of anilines is 1. The van der Waals surface area contributed by atoms with Gasteiger partial charge in [0.2, 0.25) is 5.91 Å². The van der Waals surface area contributed by atoms with E-state index >= 15 is 0 Å². The molecule has 2 aromatic carbocycles. The van der Waals surface area contributed by atoms with Gasteiger partial charge in [-0.3, -0.25) is 14.4 Å². The van der Waals surface area contributed by atoms with Crippen molar-refractivity contribution in [2.75, 3.05) is 11.9 Å². The lowest BCUT2D eigenvalue weighted by Crippen LogP contribution is -2.29. The number of carbonyl (C=O) groups is 3. The summed E-state index contributed by atoms with van der Waals surface area (Å²) in [4.78, 5) is 35.3. The second-order valence-corrected chi connectivity index (χ2v) is 6.16. The van der Waals surface area contributed by atoms with Gasteiger partial charge in [-0.1, -0.05) is 36.4 Å². The Morgan fingerprint density at radius 3 is 2.34 bits per heavy atom. The van der Waals surface area contributed by atoms with Crippen molar-refractivity contribution in [2.24, 2.45) is 0 Å². The lowest BCUT2D eigenvalue weighted by Gasteiger charge is -2.17. The number of benzene rings is 2. The minimum atomic E-state index is -4.54. The summed E-state index contributed by atoms with van der Waals surface area (Å²) in [6, 6.07) is 12.2. The first-order valence-electron chi connectivity index (χ1n) is 8.60. The van der Waals surface area contributed by atoms with Gasteiger partial charge in [-0.15, -0.1) is 0 Å². The summed E-state index contributed by atoms with van der Waals surface area (Å²) in [6.07, 6.45) is -4.75. The minimum absolute atomic E-state index is 0.0683. The molecule has 1 unspecified atom stereocenters. The molecule has 2 rings (SSSR count). The summed E-state index contributed by atoms with van der Waals surface area (Å²) in [6.45, 7) is 0.639. The van der Waals surface area contributed by atoms with Gasteiger partial charge in [-0.2, -0.15) is 13.2 Å². The van der Waals surface area contributed by atoms with E-state index in [2.05, 4.69) is 10.6 Å². The Labute approximate surface area is 165 Å². The highest BCUT2D eigenvalue weighted by Crippen LogP contribution is 2.30. The summed E-state index contributed by atoms with van der Waals surface area (Å²) in [5.74, 6) is -1.87. The van der Waals surface area contributed by atoms with Crippen LogP contribution >= 0.6 is 0 Å². The van der Waals surface area contributed by atoms with Gasteiger partial charge < -0.3 is 15.4 Å². The lowest BCUT2D eigenvalue weighted by molar-refractivity contribution is -0.148. The first-order chi connectivity index (χ1) is 13.6. The summed E-state index contributed by atoms with van der Waals surface area (Å²) < 4.78 is 43.0. The molecule has 0 heterocycles. The van der Waals surface area contributed by atoms with Gasteiger partial charge in [-0.25, -0.2) is 0 Å². The SMILES string of the molecule is CC(=O)NC(CC(=O)OCC(=O)Nc1cccc(C(F)(F)F)c1)c1ccccc1. The average Bonchev–Trinajstić information content (AvgIpc) is 2.66. The van der Waals surface area contributed by atoms with Crippen LogP contribution in [0.15, 0.2) is 54.6 Å². The van der Waals surface area contributed by atoms with E-state index < -0.39 is 36.3 Å². The molecule has 0 saturated heterocycles. The predicted octanol–water partition coefficient (Wildman–Crippen LogP) is 3.45. The molecule has 0 aromatic heterocycles. The van der Waals surface area contributed by atoms with Crippen LogP contribution < -0.4 is 10.6 Å². The van der Waals surface area contributed by atoms with Crippen molar-refractivity contribution < 1.29 is 32.3 Å². The molecule has 0 radical (unpaired) electrons. The smallest absolute Gasteiger partial charge is 0.416 e. The molecule has 29 heavy (non-hydrogen) atoms. The fraction of sp³-hybridized carbons (Fsp3) is 0.250. The van der Waals surface area contributed by atoms with E-state index in [-0.39, 0.29) is 18.0 Å². The van der Waals surface area contributed by atoms with Gasteiger partial charge >= 0.3 is 12.1 Å². The molecule has 2 N–H and O–H groups in total. The molecule has 0 spiro atoms. The maximum atomic E-state index is 12.7. The summed E-state index contributed by atoms with van der Waals surface area (Å²) in [5, 5.41) is 4.87. The molecular weight excluding hydrogens is 389 g/mol. The Balaban J connectivity index is 1.90. The number of alkyl halides is 3. The normalized spacial score (nSPS) is 12.0. The maximum Gasteiger partial charge on any atom is 0.416 e. The van der Waals surface area contributed by atoms with E-state index in [0.29, 0.717) is 5.56 Å². The Hall–Kier alpha value is -3.36. The van der Waals surface area contributed by atoms with Crippen LogP contribution in [0.25, 0.3) is 0 Å². The minimum Gasteiger partial charge on any atom is -0.455 e. The lowest BCUT2D eigenvalue weighted by atomic mass is 10.0. The van der Waals surface area contributed by atoms with Crippen LogP contribution in [0, 0.1) is 0 Å². The number of nitrogens with one attached hydrogen (secondary N) is 2. The third kappa shape index (κ3) is 7.28. The molecular formula is C20H19F3N2O4. The summed E-state index contributed by atoms with van der Waals surface area (Å²) >= 11 is 0. The summed E-state index contributed by atoms with van der Waals surface area (Å²) in [7, 11) is 0. The number of carbonyl (C=O) groups excluding carboxylic acids is 3. The molecule has 1 atom stereocenters. The van der Waals surface area contributed by atoms with Crippen LogP contribution in [0.3, 0.4) is 0 Å². The van der Waals surface area contributed by atoms with Crippen LogP contribution in [0.4, 0.5) is 18.9 Å². The Kier molecular flexibility index (Phi) is 7.35. The van der Waals surface area contributed by atoms with Crippen molar-refractivity contribution in [1.29, 1.82) is 0 Å². The zero-order valence-corrected chi connectivity index (χ0v) is 15.5. The van der Waals surface area contributed by atoms with Crippen LogP contribution in [-0.4, -0.2) is 24.4 Å². The van der Waals surface area contributed by atoms with Crippen molar-refractivity contribution in [2.45, 2.75) is 25.6 Å². The highest BCUT2D eigenvalue weighted by molar-refractivity contribution is 5.92. The molecule has 0 fully saturated rings. The van der Waals surface area contributed by atoms with Gasteiger partial charge in [0.1, 0.15) is 0 Å². The molecule has 2 aromatic rings. The average molecular weight is 408 g/mol. The highest BCUT2D eigenvalue weighted by atomic mass is 19.4. The number of halogens is 3. The van der Waals surface area contributed by atoms with Crippen LogP contribution in [0.2, 0.25) is 0 Å². The topological polar surface area (TPSA) is 84.5 Å². The summed E-state index contributed by atoms with van der Waals surface area (Å²) in [5.41, 5.74) is -0.289.